The highest BCUT2D eigenvalue weighted by Gasteiger charge is 2.31. The van der Waals surface area contributed by atoms with Gasteiger partial charge in [-0.15, -0.1) is 0 Å². The quantitative estimate of drug-likeness (QED) is 0.886. The Morgan fingerprint density at radius 1 is 1.30 bits per heavy atom. The van der Waals surface area contributed by atoms with E-state index in [1.807, 2.05) is 31.2 Å². The van der Waals surface area contributed by atoms with Gasteiger partial charge in [0.25, 0.3) is 0 Å². The highest BCUT2D eigenvalue weighted by molar-refractivity contribution is 9.10. The number of amides is 1. The summed E-state index contributed by atoms with van der Waals surface area (Å²) in [5, 5.41) is 11.9. The summed E-state index contributed by atoms with van der Waals surface area (Å²) in [5.41, 5.74) is 0.957. The number of benzene rings is 1. The lowest BCUT2D eigenvalue weighted by Gasteiger charge is -2.17. The van der Waals surface area contributed by atoms with Crippen LogP contribution >= 0.6 is 15.9 Å². The molecule has 5 heteroatoms. The van der Waals surface area contributed by atoms with E-state index >= 15 is 0 Å². The summed E-state index contributed by atoms with van der Waals surface area (Å²) < 4.78 is 0.981. The van der Waals surface area contributed by atoms with Crippen molar-refractivity contribution in [3.8, 4) is 0 Å². The molecule has 0 aromatic heterocycles. The van der Waals surface area contributed by atoms with Gasteiger partial charge in [0.05, 0.1) is 11.8 Å². The van der Waals surface area contributed by atoms with Gasteiger partial charge in [0.15, 0.2) is 0 Å². The van der Waals surface area contributed by atoms with Gasteiger partial charge in [-0.3, -0.25) is 9.59 Å². The predicted octanol–water partition coefficient (Wildman–Crippen LogP) is 2.92. The standard InChI is InChI=1S/C15H18BrNO3/c1-9(10-2-5-12(16)6-3-10)14(18)17-13-7-4-11(8-13)15(19)20/h2-3,5-6,9,11,13H,4,7-8H2,1H3,(H,17,18)(H,19,20)/t9?,11-,13+/m0/s1. The Bertz CT molecular complexity index is 500. The van der Waals surface area contributed by atoms with E-state index in [0.717, 1.165) is 16.5 Å². The van der Waals surface area contributed by atoms with Crippen LogP contribution in [0.5, 0.6) is 0 Å². The molecule has 20 heavy (non-hydrogen) atoms. The summed E-state index contributed by atoms with van der Waals surface area (Å²) >= 11 is 3.37. The molecule has 1 unspecified atom stereocenters. The monoisotopic (exact) mass is 339 g/mol. The van der Waals surface area contributed by atoms with Crippen LogP contribution in [0.25, 0.3) is 0 Å². The van der Waals surface area contributed by atoms with Crippen LogP contribution in [0.4, 0.5) is 0 Å². The number of nitrogens with one attached hydrogen (secondary N) is 1. The molecule has 1 saturated carbocycles. The Kier molecular flexibility index (Phi) is 4.81. The molecular formula is C15H18BrNO3. The number of halogens is 1. The molecule has 2 rings (SSSR count). The highest BCUT2D eigenvalue weighted by Crippen LogP contribution is 2.26. The number of carbonyl (C=O) groups is 2. The van der Waals surface area contributed by atoms with Gasteiger partial charge in [0.1, 0.15) is 0 Å². The van der Waals surface area contributed by atoms with Crippen molar-refractivity contribution < 1.29 is 14.7 Å². The summed E-state index contributed by atoms with van der Waals surface area (Å²) in [5.74, 6) is -1.35. The van der Waals surface area contributed by atoms with Crippen LogP contribution in [-0.2, 0) is 9.59 Å². The van der Waals surface area contributed by atoms with E-state index in [1.54, 1.807) is 0 Å². The van der Waals surface area contributed by atoms with Crippen LogP contribution in [0.3, 0.4) is 0 Å². The zero-order valence-corrected chi connectivity index (χ0v) is 12.9. The lowest BCUT2D eigenvalue weighted by atomic mass is 10.00. The SMILES string of the molecule is CC(C(=O)N[C@@H]1CC[C@H](C(=O)O)C1)c1ccc(Br)cc1. The third kappa shape index (κ3) is 3.60. The highest BCUT2D eigenvalue weighted by atomic mass is 79.9. The minimum atomic E-state index is -0.761. The van der Waals surface area contributed by atoms with Crippen LogP contribution < -0.4 is 5.32 Å². The van der Waals surface area contributed by atoms with Crippen molar-refractivity contribution >= 4 is 27.8 Å². The first kappa shape index (κ1) is 15.0. The minimum absolute atomic E-state index is 0.0125. The molecule has 1 amide bonds. The molecule has 0 bridgehead atoms. The predicted molar refractivity (Wildman–Crippen MR) is 79.5 cm³/mol. The second-order valence-corrected chi connectivity index (χ2v) is 6.24. The molecule has 1 fully saturated rings. The number of hydrogen-bond acceptors (Lipinski definition) is 2. The maximum absolute atomic E-state index is 12.2. The normalized spacial score (nSPS) is 23.3. The number of carboxylic acids is 1. The van der Waals surface area contributed by atoms with Crippen LogP contribution in [0.2, 0.25) is 0 Å². The van der Waals surface area contributed by atoms with E-state index in [-0.39, 0.29) is 23.8 Å². The third-order valence-electron chi connectivity index (χ3n) is 3.89. The summed E-state index contributed by atoms with van der Waals surface area (Å²) in [6, 6.07) is 7.65. The van der Waals surface area contributed by atoms with Gasteiger partial charge >= 0.3 is 5.97 Å². The largest absolute Gasteiger partial charge is 0.481 e. The molecule has 0 spiro atoms. The van der Waals surface area contributed by atoms with Gasteiger partial charge in [-0.05, 0) is 43.9 Å². The van der Waals surface area contributed by atoms with Gasteiger partial charge < -0.3 is 10.4 Å². The summed E-state index contributed by atoms with van der Waals surface area (Å²) in [6.45, 7) is 1.86. The van der Waals surface area contributed by atoms with Crippen molar-refractivity contribution in [3.63, 3.8) is 0 Å². The Labute approximate surface area is 126 Å². The van der Waals surface area contributed by atoms with E-state index in [2.05, 4.69) is 21.2 Å². The van der Waals surface area contributed by atoms with E-state index in [0.29, 0.717) is 12.8 Å². The zero-order valence-electron chi connectivity index (χ0n) is 11.3. The van der Waals surface area contributed by atoms with Gasteiger partial charge in [0.2, 0.25) is 5.91 Å². The lowest BCUT2D eigenvalue weighted by Crippen LogP contribution is -2.36. The van der Waals surface area contributed by atoms with Crippen molar-refractivity contribution in [1.82, 2.24) is 5.32 Å². The van der Waals surface area contributed by atoms with Gasteiger partial charge in [-0.1, -0.05) is 28.1 Å². The number of carbonyl (C=O) groups excluding carboxylic acids is 1. The van der Waals surface area contributed by atoms with Crippen LogP contribution in [0.1, 0.15) is 37.7 Å². The van der Waals surface area contributed by atoms with E-state index < -0.39 is 5.97 Å². The summed E-state index contributed by atoms with van der Waals surface area (Å²) in [4.78, 5) is 23.1. The molecule has 1 aromatic rings. The first-order valence-corrected chi connectivity index (χ1v) is 7.55. The third-order valence-corrected chi connectivity index (χ3v) is 4.42. The lowest BCUT2D eigenvalue weighted by molar-refractivity contribution is -0.141. The zero-order chi connectivity index (χ0) is 14.7. The molecular weight excluding hydrogens is 322 g/mol. The maximum Gasteiger partial charge on any atom is 0.306 e. The Hall–Kier alpha value is -1.36. The van der Waals surface area contributed by atoms with Crippen molar-refractivity contribution in [2.24, 2.45) is 5.92 Å². The number of aliphatic carboxylic acids is 1. The van der Waals surface area contributed by atoms with Gasteiger partial charge in [-0.25, -0.2) is 0 Å². The Balaban J connectivity index is 1.92. The topological polar surface area (TPSA) is 66.4 Å². The second-order valence-electron chi connectivity index (χ2n) is 5.33. The van der Waals surface area contributed by atoms with E-state index in [1.165, 1.54) is 0 Å². The van der Waals surface area contributed by atoms with Crippen molar-refractivity contribution in [3.05, 3.63) is 34.3 Å². The smallest absolute Gasteiger partial charge is 0.306 e. The maximum atomic E-state index is 12.2. The average molecular weight is 340 g/mol. The van der Waals surface area contributed by atoms with Crippen LogP contribution in [0.15, 0.2) is 28.7 Å². The molecule has 3 atom stereocenters. The number of carboxylic acid groups (broad SMARTS) is 1. The second kappa shape index (κ2) is 6.39. The van der Waals surface area contributed by atoms with Gasteiger partial charge in [-0.2, -0.15) is 0 Å². The summed E-state index contributed by atoms with van der Waals surface area (Å²) in [7, 11) is 0. The van der Waals surface area contributed by atoms with E-state index in [9.17, 15) is 9.59 Å². The van der Waals surface area contributed by atoms with Crippen LogP contribution in [0, 0.1) is 5.92 Å². The molecule has 1 aromatic carbocycles. The molecule has 0 saturated heterocycles. The molecule has 0 radical (unpaired) electrons. The number of rotatable bonds is 4. The number of hydrogen-bond donors (Lipinski definition) is 2. The first-order chi connectivity index (χ1) is 9.47. The molecule has 0 heterocycles. The van der Waals surface area contributed by atoms with Crippen LogP contribution in [-0.4, -0.2) is 23.0 Å². The fourth-order valence-corrected chi connectivity index (χ4v) is 2.83. The molecule has 1 aliphatic carbocycles. The minimum Gasteiger partial charge on any atom is -0.481 e. The average Bonchev–Trinajstić information content (AvgIpc) is 2.87. The molecule has 2 N–H and O–H groups in total. The molecule has 108 valence electrons. The Morgan fingerprint density at radius 2 is 1.95 bits per heavy atom. The Morgan fingerprint density at radius 3 is 2.50 bits per heavy atom. The molecule has 0 aliphatic heterocycles. The fourth-order valence-electron chi connectivity index (χ4n) is 2.57. The summed E-state index contributed by atoms with van der Waals surface area (Å²) in [6.07, 6.45) is 1.93. The fraction of sp³-hybridized carbons (Fsp3) is 0.467. The van der Waals surface area contributed by atoms with E-state index in [4.69, 9.17) is 5.11 Å². The molecule has 1 aliphatic rings. The van der Waals surface area contributed by atoms with Gasteiger partial charge in [0, 0.05) is 10.5 Å². The van der Waals surface area contributed by atoms with Crippen molar-refractivity contribution in [2.45, 2.75) is 38.1 Å². The first-order valence-electron chi connectivity index (χ1n) is 6.76. The van der Waals surface area contributed by atoms with Crippen molar-refractivity contribution in [1.29, 1.82) is 0 Å². The van der Waals surface area contributed by atoms with Crippen molar-refractivity contribution in [2.75, 3.05) is 0 Å². The molecule has 4 nitrogen and oxygen atoms in total.